The van der Waals surface area contributed by atoms with Crippen molar-refractivity contribution in [3.05, 3.63) is 24.2 Å². The van der Waals surface area contributed by atoms with Gasteiger partial charge in [0.25, 0.3) is 0 Å². The highest BCUT2D eigenvalue weighted by atomic mass is 16.5. The average molecular weight is 126 g/mol. The van der Waals surface area contributed by atoms with Crippen LogP contribution in [0.3, 0.4) is 0 Å². The van der Waals surface area contributed by atoms with E-state index in [1.165, 1.54) is 13.3 Å². The minimum absolute atomic E-state index is 0.444. The van der Waals surface area contributed by atoms with E-state index in [2.05, 4.69) is 18.3 Å². The lowest BCUT2D eigenvalue weighted by molar-refractivity contribution is 0.299. The Morgan fingerprint density at radius 2 is 2.33 bits per heavy atom. The van der Waals surface area contributed by atoms with Crippen molar-refractivity contribution in [1.82, 2.24) is 0 Å². The van der Waals surface area contributed by atoms with Gasteiger partial charge in [0.2, 0.25) is 0 Å². The van der Waals surface area contributed by atoms with Gasteiger partial charge in [-0.2, -0.15) is 0 Å². The summed E-state index contributed by atoms with van der Waals surface area (Å²) in [5.41, 5.74) is 5.57. The lowest BCUT2D eigenvalue weighted by atomic mass is 10.4. The molecule has 0 atom stereocenters. The Morgan fingerprint density at radius 3 is 2.44 bits per heavy atom. The number of nitrogens with zero attached hydrogens (tertiary/aromatic N) is 1. The second-order valence-electron chi connectivity index (χ2n) is 1.34. The number of aliphatic imine (C=N–C) groups is 1. The van der Waals surface area contributed by atoms with Gasteiger partial charge in [0, 0.05) is 6.20 Å². The molecule has 0 rings (SSSR count). The Balaban J connectivity index is 4.13. The summed E-state index contributed by atoms with van der Waals surface area (Å²) in [5, 5.41) is 0. The molecule has 0 aliphatic rings. The molecule has 0 spiro atoms. The molecule has 3 nitrogen and oxygen atoms in total. The van der Waals surface area contributed by atoms with Crippen LogP contribution in [0.5, 0.6) is 0 Å². The normalized spacial score (nSPS) is 10.6. The lowest BCUT2D eigenvalue weighted by Crippen LogP contribution is -1.92. The zero-order valence-electron chi connectivity index (χ0n) is 5.42. The molecular weight excluding hydrogens is 116 g/mol. The van der Waals surface area contributed by atoms with Crippen LogP contribution in [0.25, 0.3) is 0 Å². The zero-order valence-corrected chi connectivity index (χ0v) is 5.42. The van der Waals surface area contributed by atoms with Gasteiger partial charge < -0.3 is 10.5 Å². The highest BCUT2D eigenvalue weighted by Crippen LogP contribution is 2.05. The first-order valence-electron chi connectivity index (χ1n) is 2.38. The van der Waals surface area contributed by atoms with E-state index in [9.17, 15) is 0 Å². The quantitative estimate of drug-likeness (QED) is 0.343. The summed E-state index contributed by atoms with van der Waals surface area (Å²) in [4.78, 5) is 3.51. The smallest absolute Gasteiger partial charge is 0.159 e. The molecule has 0 radical (unpaired) electrons. The Kier molecular flexibility index (Phi) is 3.20. The molecule has 0 aliphatic heterocycles. The Labute approximate surface area is 54.5 Å². The fraction of sp³-hybridized carbons (Fsp3) is 0.167. The van der Waals surface area contributed by atoms with Crippen LogP contribution in [0.4, 0.5) is 0 Å². The highest BCUT2D eigenvalue weighted by molar-refractivity contribution is 5.34. The lowest BCUT2D eigenvalue weighted by Gasteiger charge is -2.01. The molecule has 0 bridgehead atoms. The van der Waals surface area contributed by atoms with Crippen LogP contribution in [-0.4, -0.2) is 13.8 Å². The number of nitrogens with two attached hydrogens (primary N) is 1. The second kappa shape index (κ2) is 3.72. The van der Waals surface area contributed by atoms with Crippen molar-refractivity contribution in [3.8, 4) is 0 Å². The van der Waals surface area contributed by atoms with Crippen molar-refractivity contribution in [2.75, 3.05) is 7.11 Å². The summed E-state index contributed by atoms with van der Waals surface area (Å²) in [6.45, 7) is 6.76. The van der Waals surface area contributed by atoms with Crippen molar-refractivity contribution in [1.29, 1.82) is 0 Å². The van der Waals surface area contributed by atoms with Crippen molar-refractivity contribution < 1.29 is 4.74 Å². The first-order chi connectivity index (χ1) is 4.26. The molecule has 0 heterocycles. The SMILES string of the molecule is C=NC(=C)/C(=C\N)OC. The fourth-order valence-corrected chi connectivity index (χ4v) is 0.360. The maximum absolute atomic E-state index is 5.12. The molecular formula is C6H10N2O. The Morgan fingerprint density at radius 1 is 1.78 bits per heavy atom. The van der Waals surface area contributed by atoms with E-state index < -0.39 is 0 Å². The molecule has 0 fully saturated rings. The summed E-state index contributed by atoms with van der Waals surface area (Å²) < 4.78 is 4.75. The van der Waals surface area contributed by atoms with Crippen LogP contribution in [0.15, 0.2) is 29.2 Å². The van der Waals surface area contributed by atoms with E-state index in [4.69, 9.17) is 10.5 Å². The first kappa shape index (κ1) is 7.75. The highest BCUT2D eigenvalue weighted by Gasteiger charge is 1.95. The number of methoxy groups -OCH3 is 1. The van der Waals surface area contributed by atoms with Crippen LogP contribution in [0, 0.1) is 0 Å². The van der Waals surface area contributed by atoms with Crippen molar-refractivity contribution in [2.24, 2.45) is 10.7 Å². The maximum atomic E-state index is 5.12. The largest absolute Gasteiger partial charge is 0.493 e. The molecule has 0 unspecified atom stereocenters. The predicted octanol–water partition coefficient (Wildman–Crippen LogP) is 0.647. The van der Waals surface area contributed by atoms with Crippen molar-refractivity contribution in [3.63, 3.8) is 0 Å². The minimum Gasteiger partial charge on any atom is -0.493 e. The van der Waals surface area contributed by atoms with Gasteiger partial charge in [-0.15, -0.1) is 0 Å². The van der Waals surface area contributed by atoms with Gasteiger partial charge in [-0.25, -0.2) is 0 Å². The molecule has 2 N–H and O–H groups in total. The molecule has 9 heavy (non-hydrogen) atoms. The third-order valence-electron chi connectivity index (χ3n) is 0.847. The number of hydrogen-bond acceptors (Lipinski definition) is 3. The third-order valence-corrected chi connectivity index (χ3v) is 0.847. The van der Waals surface area contributed by atoms with Crippen molar-refractivity contribution >= 4 is 6.72 Å². The molecule has 0 aliphatic carbocycles. The van der Waals surface area contributed by atoms with E-state index in [1.54, 1.807) is 0 Å². The predicted molar refractivity (Wildman–Crippen MR) is 38.0 cm³/mol. The molecule has 0 aromatic rings. The number of ether oxygens (including phenoxy) is 1. The van der Waals surface area contributed by atoms with E-state index in [0.29, 0.717) is 11.5 Å². The van der Waals surface area contributed by atoms with E-state index in [1.807, 2.05) is 0 Å². The van der Waals surface area contributed by atoms with Crippen LogP contribution >= 0.6 is 0 Å². The fourth-order valence-electron chi connectivity index (χ4n) is 0.360. The molecule has 0 aromatic heterocycles. The molecule has 0 amide bonds. The monoisotopic (exact) mass is 126 g/mol. The van der Waals surface area contributed by atoms with Gasteiger partial charge in [0.05, 0.1) is 12.8 Å². The Bertz CT molecular complexity index is 149. The second-order valence-corrected chi connectivity index (χ2v) is 1.34. The van der Waals surface area contributed by atoms with E-state index in [-0.39, 0.29) is 0 Å². The van der Waals surface area contributed by atoms with Crippen LogP contribution < -0.4 is 5.73 Å². The van der Waals surface area contributed by atoms with Gasteiger partial charge >= 0.3 is 0 Å². The molecule has 0 saturated heterocycles. The maximum Gasteiger partial charge on any atom is 0.159 e. The van der Waals surface area contributed by atoms with E-state index in [0.717, 1.165) is 0 Å². The molecule has 50 valence electrons. The number of rotatable bonds is 3. The van der Waals surface area contributed by atoms with Crippen molar-refractivity contribution in [2.45, 2.75) is 0 Å². The van der Waals surface area contributed by atoms with E-state index >= 15 is 0 Å². The standard InChI is InChI=1S/C6H10N2O/c1-5(8-2)6(4-7)9-3/h4H,1-2,7H2,3H3/b6-4+. The summed E-state index contributed by atoms with van der Waals surface area (Å²) in [7, 11) is 1.50. The van der Waals surface area contributed by atoms with Gasteiger partial charge in [-0.1, -0.05) is 6.58 Å². The summed E-state index contributed by atoms with van der Waals surface area (Å²) in [6.07, 6.45) is 1.29. The minimum atomic E-state index is 0.444. The molecule has 0 saturated carbocycles. The van der Waals surface area contributed by atoms with Gasteiger partial charge in [0.1, 0.15) is 0 Å². The van der Waals surface area contributed by atoms with Crippen LogP contribution in [-0.2, 0) is 4.74 Å². The third kappa shape index (κ3) is 1.99. The van der Waals surface area contributed by atoms with Gasteiger partial charge in [-0.3, -0.25) is 4.99 Å². The van der Waals surface area contributed by atoms with Crippen LogP contribution in [0.2, 0.25) is 0 Å². The summed E-state index contributed by atoms with van der Waals surface area (Å²) in [6, 6.07) is 0. The van der Waals surface area contributed by atoms with Crippen LogP contribution in [0.1, 0.15) is 0 Å². The number of hydrogen-bond donors (Lipinski definition) is 1. The first-order valence-corrected chi connectivity index (χ1v) is 2.38. The summed E-state index contributed by atoms with van der Waals surface area (Å²) in [5.74, 6) is 0.449. The average Bonchev–Trinajstić information content (AvgIpc) is 1.90. The molecule has 3 heteroatoms. The Hall–Kier alpha value is -1.25. The zero-order chi connectivity index (χ0) is 7.28. The van der Waals surface area contributed by atoms with Gasteiger partial charge in [-0.05, 0) is 6.72 Å². The molecule has 0 aromatic carbocycles. The summed E-state index contributed by atoms with van der Waals surface area (Å²) >= 11 is 0. The topological polar surface area (TPSA) is 47.6 Å². The van der Waals surface area contributed by atoms with Gasteiger partial charge in [0.15, 0.2) is 5.76 Å².